The summed E-state index contributed by atoms with van der Waals surface area (Å²) in [5, 5.41) is 0.809. The first kappa shape index (κ1) is 16.3. The van der Waals surface area contributed by atoms with Gasteiger partial charge in [0.1, 0.15) is 17.2 Å². The number of nitrogens with two attached hydrogens (primary N) is 2. The van der Waals surface area contributed by atoms with E-state index in [1.54, 1.807) is 18.6 Å². The fraction of sp³-hybridized carbons (Fsp3) is 0.278. The van der Waals surface area contributed by atoms with Gasteiger partial charge in [0.25, 0.3) is 5.91 Å². The Labute approximate surface area is 149 Å². The van der Waals surface area contributed by atoms with Gasteiger partial charge in [0.15, 0.2) is 5.69 Å². The monoisotopic (exact) mass is 354 g/mol. The Hall–Kier alpha value is -3.16. The number of amides is 1. The minimum Gasteiger partial charge on any atom is -0.383 e. The van der Waals surface area contributed by atoms with Gasteiger partial charge in [0, 0.05) is 36.4 Å². The molecule has 0 bridgehead atoms. The maximum absolute atomic E-state index is 14.0. The first-order valence-electron chi connectivity index (χ1n) is 8.46. The number of nitrogens with zero attached hydrogens (tertiary/aromatic N) is 4. The number of fused-ring (bicyclic) bond motifs is 1. The number of hydrogen-bond donors (Lipinski definition) is 2. The molecule has 0 unspecified atom stereocenters. The van der Waals surface area contributed by atoms with Crippen molar-refractivity contribution in [2.45, 2.75) is 18.9 Å². The third-order valence-electron chi connectivity index (χ3n) is 4.96. The van der Waals surface area contributed by atoms with Crippen LogP contribution in [0.1, 0.15) is 29.4 Å². The van der Waals surface area contributed by atoms with Gasteiger partial charge in [-0.2, -0.15) is 0 Å². The van der Waals surface area contributed by atoms with Crippen LogP contribution in [0.15, 0.2) is 36.8 Å². The SMILES string of the molecule is NC(=O)c1ncn(C2CCN(c3ccnc4c(F)cccc34)CC2)c1N. The first-order chi connectivity index (χ1) is 12.6. The quantitative estimate of drug-likeness (QED) is 0.750. The summed E-state index contributed by atoms with van der Waals surface area (Å²) >= 11 is 0. The van der Waals surface area contributed by atoms with E-state index in [9.17, 15) is 9.18 Å². The smallest absolute Gasteiger partial charge is 0.271 e. The number of pyridine rings is 1. The number of primary amides is 1. The number of anilines is 2. The lowest BCUT2D eigenvalue weighted by Crippen LogP contribution is -2.35. The van der Waals surface area contributed by atoms with E-state index in [2.05, 4.69) is 14.9 Å². The molecule has 26 heavy (non-hydrogen) atoms. The number of para-hydroxylation sites is 1. The molecule has 1 aliphatic rings. The Balaban J connectivity index is 1.56. The Bertz CT molecular complexity index is 977. The van der Waals surface area contributed by atoms with Crippen LogP contribution in [-0.4, -0.2) is 33.5 Å². The molecular weight excluding hydrogens is 335 g/mol. The molecule has 1 aromatic carbocycles. The van der Waals surface area contributed by atoms with E-state index in [-0.39, 0.29) is 17.6 Å². The van der Waals surface area contributed by atoms with Crippen LogP contribution >= 0.6 is 0 Å². The topological polar surface area (TPSA) is 103 Å². The van der Waals surface area contributed by atoms with E-state index in [0.29, 0.717) is 11.3 Å². The molecule has 4 rings (SSSR count). The number of benzene rings is 1. The van der Waals surface area contributed by atoms with Gasteiger partial charge in [-0.15, -0.1) is 0 Å². The minimum atomic E-state index is -0.621. The van der Waals surface area contributed by atoms with Gasteiger partial charge >= 0.3 is 0 Å². The van der Waals surface area contributed by atoms with E-state index in [4.69, 9.17) is 11.5 Å². The molecule has 0 saturated carbocycles. The number of imidazole rings is 1. The third-order valence-corrected chi connectivity index (χ3v) is 4.96. The zero-order valence-corrected chi connectivity index (χ0v) is 14.1. The molecule has 8 heteroatoms. The lowest BCUT2D eigenvalue weighted by Gasteiger charge is -2.35. The standard InChI is InChI=1S/C18H19FN6O/c19-13-3-1-2-12-14(4-7-22-15(12)13)24-8-5-11(6-9-24)25-10-23-16(17(25)20)18(21)26/h1-4,7,10-11H,5-6,8-9,20H2,(H2,21,26). The summed E-state index contributed by atoms with van der Waals surface area (Å²) in [5.41, 5.74) is 12.8. The van der Waals surface area contributed by atoms with Crippen LogP contribution in [0, 0.1) is 5.82 Å². The van der Waals surface area contributed by atoms with E-state index in [1.165, 1.54) is 6.07 Å². The van der Waals surface area contributed by atoms with Gasteiger partial charge < -0.3 is 20.9 Å². The molecule has 0 atom stereocenters. The third kappa shape index (κ3) is 2.63. The second-order valence-corrected chi connectivity index (χ2v) is 6.43. The van der Waals surface area contributed by atoms with Crippen molar-refractivity contribution in [2.75, 3.05) is 23.7 Å². The maximum Gasteiger partial charge on any atom is 0.271 e. The van der Waals surface area contributed by atoms with Crippen LogP contribution < -0.4 is 16.4 Å². The summed E-state index contributed by atoms with van der Waals surface area (Å²) in [6.45, 7) is 1.56. The van der Waals surface area contributed by atoms with E-state index >= 15 is 0 Å². The molecule has 3 heterocycles. The van der Waals surface area contributed by atoms with Crippen molar-refractivity contribution in [3.05, 3.63) is 48.3 Å². The number of aromatic nitrogens is 3. The van der Waals surface area contributed by atoms with E-state index in [1.807, 2.05) is 16.7 Å². The first-order valence-corrected chi connectivity index (χ1v) is 8.46. The van der Waals surface area contributed by atoms with Crippen molar-refractivity contribution in [3.8, 4) is 0 Å². The van der Waals surface area contributed by atoms with Crippen molar-refractivity contribution < 1.29 is 9.18 Å². The summed E-state index contributed by atoms with van der Waals surface area (Å²) < 4.78 is 15.8. The van der Waals surface area contributed by atoms with Crippen LogP contribution in [-0.2, 0) is 0 Å². The molecule has 1 amide bonds. The summed E-state index contributed by atoms with van der Waals surface area (Å²) in [6.07, 6.45) is 4.88. The highest BCUT2D eigenvalue weighted by Crippen LogP contribution is 2.32. The van der Waals surface area contributed by atoms with Gasteiger partial charge in [-0.1, -0.05) is 12.1 Å². The van der Waals surface area contributed by atoms with Gasteiger partial charge in [-0.25, -0.2) is 9.37 Å². The molecule has 7 nitrogen and oxygen atoms in total. The molecule has 0 aliphatic carbocycles. The second-order valence-electron chi connectivity index (χ2n) is 6.43. The van der Waals surface area contributed by atoms with Crippen molar-refractivity contribution in [1.29, 1.82) is 0 Å². The van der Waals surface area contributed by atoms with E-state index in [0.717, 1.165) is 37.0 Å². The highest BCUT2D eigenvalue weighted by Gasteiger charge is 2.25. The molecule has 4 N–H and O–H groups in total. The van der Waals surface area contributed by atoms with Crippen molar-refractivity contribution >= 4 is 28.3 Å². The normalized spacial score (nSPS) is 15.5. The fourth-order valence-corrected chi connectivity index (χ4v) is 3.64. The molecular formula is C18H19FN6O. The molecule has 0 spiro atoms. The van der Waals surface area contributed by atoms with Gasteiger partial charge in [-0.3, -0.25) is 9.78 Å². The zero-order chi connectivity index (χ0) is 18.3. The molecule has 1 aliphatic heterocycles. The molecule has 1 saturated heterocycles. The zero-order valence-electron chi connectivity index (χ0n) is 14.1. The molecule has 2 aromatic heterocycles. The summed E-state index contributed by atoms with van der Waals surface area (Å²) in [7, 11) is 0. The predicted octanol–water partition coefficient (Wildman–Crippen LogP) is 2.09. The van der Waals surface area contributed by atoms with Gasteiger partial charge in [0.2, 0.25) is 0 Å². The number of hydrogen-bond acceptors (Lipinski definition) is 5. The summed E-state index contributed by atoms with van der Waals surface area (Å²) in [6, 6.07) is 7.08. The van der Waals surface area contributed by atoms with Gasteiger partial charge in [0.05, 0.1) is 6.33 Å². The van der Waals surface area contributed by atoms with Crippen molar-refractivity contribution in [2.24, 2.45) is 5.73 Å². The van der Waals surface area contributed by atoms with Crippen LogP contribution in [0.2, 0.25) is 0 Å². The van der Waals surface area contributed by atoms with E-state index < -0.39 is 5.91 Å². The fourth-order valence-electron chi connectivity index (χ4n) is 3.64. The van der Waals surface area contributed by atoms with Crippen molar-refractivity contribution in [3.63, 3.8) is 0 Å². The van der Waals surface area contributed by atoms with Crippen LogP contribution in [0.5, 0.6) is 0 Å². The number of halogens is 1. The lowest BCUT2D eigenvalue weighted by atomic mass is 10.0. The largest absolute Gasteiger partial charge is 0.383 e. The number of nitrogen functional groups attached to an aromatic ring is 1. The minimum absolute atomic E-state index is 0.114. The van der Waals surface area contributed by atoms with Gasteiger partial charge in [-0.05, 0) is 25.0 Å². The summed E-state index contributed by atoms with van der Waals surface area (Å²) in [4.78, 5) is 21.7. The van der Waals surface area contributed by atoms with Crippen LogP contribution in [0.3, 0.4) is 0 Å². The number of piperidine rings is 1. The Morgan fingerprint density at radius 1 is 1.19 bits per heavy atom. The van der Waals surface area contributed by atoms with Crippen LogP contribution in [0.4, 0.5) is 15.9 Å². The average Bonchev–Trinajstić information content (AvgIpc) is 3.04. The predicted molar refractivity (Wildman–Crippen MR) is 97.3 cm³/mol. The number of rotatable bonds is 3. The molecule has 134 valence electrons. The van der Waals surface area contributed by atoms with Crippen LogP contribution in [0.25, 0.3) is 10.9 Å². The van der Waals surface area contributed by atoms with Crippen molar-refractivity contribution in [1.82, 2.24) is 14.5 Å². The highest BCUT2D eigenvalue weighted by atomic mass is 19.1. The lowest BCUT2D eigenvalue weighted by molar-refractivity contribution is 0.0997. The summed E-state index contributed by atoms with van der Waals surface area (Å²) in [5.74, 6) is -0.624. The number of carbonyl (C=O) groups excluding carboxylic acids is 1. The molecule has 0 radical (unpaired) electrons. The Kier molecular flexibility index (Phi) is 3.95. The number of carbonyl (C=O) groups is 1. The molecule has 1 fully saturated rings. The Morgan fingerprint density at radius 3 is 2.65 bits per heavy atom. The highest BCUT2D eigenvalue weighted by molar-refractivity contribution is 5.95. The second kappa shape index (κ2) is 6.29. The average molecular weight is 354 g/mol. The Morgan fingerprint density at radius 2 is 1.96 bits per heavy atom. The molecule has 3 aromatic rings. The maximum atomic E-state index is 14.0.